The summed E-state index contributed by atoms with van der Waals surface area (Å²) in [4.78, 5) is 3.99. The molecule has 0 atom stereocenters. The topological polar surface area (TPSA) is 17.8 Å². The van der Waals surface area contributed by atoms with Crippen molar-refractivity contribution in [2.45, 2.75) is 13.5 Å². The number of fused-ring (bicyclic) bond motifs is 1. The number of rotatable bonds is 2. The second-order valence-corrected chi connectivity index (χ2v) is 3.80. The van der Waals surface area contributed by atoms with E-state index >= 15 is 0 Å². The maximum absolute atomic E-state index is 13.1. The largest absolute Gasteiger partial charge is 0.326 e. The Labute approximate surface area is 96.2 Å². The van der Waals surface area contributed by atoms with E-state index in [1.807, 2.05) is 6.92 Å². The van der Waals surface area contributed by atoms with Gasteiger partial charge in [-0.25, -0.2) is 13.8 Å². The van der Waals surface area contributed by atoms with Crippen molar-refractivity contribution in [3.8, 4) is 0 Å². The number of hydrogen-bond acceptors (Lipinski definition) is 1. The minimum atomic E-state index is -0.887. The van der Waals surface area contributed by atoms with Gasteiger partial charge in [-0.15, -0.1) is 0 Å². The number of halogens is 3. The van der Waals surface area contributed by atoms with Crippen LogP contribution in [0.4, 0.5) is 8.78 Å². The average molecular weight is 243 g/mol. The fourth-order valence-electron chi connectivity index (χ4n) is 1.48. The predicted molar refractivity (Wildman–Crippen MR) is 59.3 cm³/mol. The molecule has 2 rings (SSSR count). The molecule has 2 nitrogen and oxygen atoms in total. The summed E-state index contributed by atoms with van der Waals surface area (Å²) in [7, 11) is 0. The van der Waals surface area contributed by atoms with Gasteiger partial charge in [0, 0.05) is 24.2 Å². The second kappa shape index (κ2) is 4.22. The molecule has 16 heavy (non-hydrogen) atoms. The van der Waals surface area contributed by atoms with Crippen LogP contribution in [0.3, 0.4) is 0 Å². The van der Waals surface area contributed by atoms with Crippen molar-refractivity contribution < 1.29 is 8.78 Å². The van der Waals surface area contributed by atoms with E-state index in [1.54, 1.807) is 4.57 Å². The van der Waals surface area contributed by atoms with Crippen molar-refractivity contribution >= 4 is 22.6 Å². The van der Waals surface area contributed by atoms with E-state index in [1.165, 1.54) is 11.9 Å². The van der Waals surface area contributed by atoms with E-state index in [4.69, 9.17) is 11.6 Å². The van der Waals surface area contributed by atoms with Crippen LogP contribution in [0.1, 0.15) is 6.92 Å². The Morgan fingerprint density at radius 2 is 2.12 bits per heavy atom. The lowest BCUT2D eigenvalue weighted by Crippen LogP contribution is -1.97. The van der Waals surface area contributed by atoms with Gasteiger partial charge in [-0.3, -0.25) is 0 Å². The van der Waals surface area contributed by atoms with Gasteiger partial charge in [-0.05, 0) is 12.5 Å². The molecule has 0 amide bonds. The van der Waals surface area contributed by atoms with Crippen LogP contribution in [-0.2, 0) is 6.54 Å². The molecule has 0 saturated carbocycles. The number of aromatic nitrogens is 2. The lowest BCUT2D eigenvalue weighted by molar-refractivity contribution is 0.510. The Hall–Kier alpha value is -1.42. The molecule has 0 spiro atoms. The van der Waals surface area contributed by atoms with Gasteiger partial charge in [0.15, 0.2) is 11.6 Å². The SMILES string of the molecule is C/C(=C/Cl)Cn1cnc2cc(F)c(F)cc21. The first-order valence-electron chi connectivity index (χ1n) is 4.67. The van der Waals surface area contributed by atoms with Crippen LogP contribution in [-0.4, -0.2) is 9.55 Å². The molecule has 0 unspecified atom stereocenters. The highest BCUT2D eigenvalue weighted by Gasteiger charge is 2.08. The summed E-state index contributed by atoms with van der Waals surface area (Å²) in [6.45, 7) is 2.35. The van der Waals surface area contributed by atoms with E-state index in [0.717, 1.165) is 17.7 Å². The van der Waals surface area contributed by atoms with Gasteiger partial charge in [0.2, 0.25) is 0 Å². The van der Waals surface area contributed by atoms with Gasteiger partial charge in [0.1, 0.15) is 0 Å². The maximum Gasteiger partial charge on any atom is 0.161 e. The minimum absolute atomic E-state index is 0.432. The van der Waals surface area contributed by atoms with Gasteiger partial charge in [-0.1, -0.05) is 11.6 Å². The standard InChI is InChI=1S/C11H9ClF2N2/c1-7(4-12)5-16-6-15-10-2-8(13)9(14)3-11(10)16/h2-4,6H,5H2,1H3/b7-4-. The highest BCUT2D eigenvalue weighted by molar-refractivity contribution is 6.25. The number of benzene rings is 1. The summed E-state index contributed by atoms with van der Waals surface area (Å²) in [5.74, 6) is -1.76. The number of hydrogen-bond donors (Lipinski definition) is 0. The molecule has 84 valence electrons. The molecule has 0 aliphatic carbocycles. The smallest absolute Gasteiger partial charge is 0.161 e. The third-order valence-electron chi connectivity index (χ3n) is 2.27. The lowest BCUT2D eigenvalue weighted by atomic mass is 10.3. The van der Waals surface area contributed by atoms with Gasteiger partial charge in [0.05, 0.1) is 17.4 Å². The molecule has 0 radical (unpaired) electrons. The third-order valence-corrected chi connectivity index (χ3v) is 2.64. The van der Waals surface area contributed by atoms with Crippen LogP contribution < -0.4 is 0 Å². The molecule has 0 fully saturated rings. The zero-order valence-electron chi connectivity index (χ0n) is 8.54. The average Bonchev–Trinajstić information content (AvgIpc) is 2.62. The van der Waals surface area contributed by atoms with E-state index in [0.29, 0.717) is 17.6 Å². The monoisotopic (exact) mass is 242 g/mol. The quantitative estimate of drug-likeness (QED) is 0.789. The summed E-state index contributed by atoms with van der Waals surface area (Å²) in [6, 6.07) is 2.22. The minimum Gasteiger partial charge on any atom is -0.326 e. The van der Waals surface area contributed by atoms with Crippen molar-refractivity contribution in [1.29, 1.82) is 0 Å². The van der Waals surface area contributed by atoms with Crippen molar-refractivity contribution in [2.24, 2.45) is 0 Å². The summed E-state index contributed by atoms with van der Waals surface area (Å²) in [5, 5.41) is 0. The second-order valence-electron chi connectivity index (χ2n) is 3.58. The molecule has 2 aromatic rings. The molecule has 1 aromatic heterocycles. The van der Waals surface area contributed by atoms with Crippen molar-refractivity contribution in [3.63, 3.8) is 0 Å². The van der Waals surface area contributed by atoms with Gasteiger partial charge >= 0.3 is 0 Å². The first-order chi connectivity index (χ1) is 7.61. The first kappa shape index (κ1) is 11.1. The highest BCUT2D eigenvalue weighted by Crippen LogP contribution is 2.18. The van der Waals surface area contributed by atoms with Crippen LogP contribution in [0.25, 0.3) is 11.0 Å². The molecule has 5 heteroatoms. The Morgan fingerprint density at radius 3 is 2.81 bits per heavy atom. The fraction of sp³-hybridized carbons (Fsp3) is 0.182. The zero-order chi connectivity index (χ0) is 11.7. The number of imidazole rings is 1. The fourth-order valence-corrected chi connectivity index (χ4v) is 1.55. The molecule has 0 aliphatic rings. The summed E-state index contributed by atoms with van der Waals surface area (Å²) in [6.07, 6.45) is 1.54. The Kier molecular flexibility index (Phi) is 2.92. The molecule has 0 N–H and O–H groups in total. The van der Waals surface area contributed by atoms with Crippen molar-refractivity contribution in [2.75, 3.05) is 0 Å². The molecular formula is C11H9ClF2N2. The maximum atomic E-state index is 13.1. The van der Waals surface area contributed by atoms with Crippen LogP contribution >= 0.6 is 11.6 Å². The molecule has 0 saturated heterocycles. The Balaban J connectivity index is 2.52. The van der Waals surface area contributed by atoms with Gasteiger partial charge < -0.3 is 4.57 Å². The lowest BCUT2D eigenvalue weighted by Gasteiger charge is -2.03. The third kappa shape index (κ3) is 1.93. The zero-order valence-corrected chi connectivity index (χ0v) is 9.30. The summed E-state index contributed by atoms with van der Waals surface area (Å²) in [5.41, 5.74) is 3.34. The van der Waals surface area contributed by atoms with E-state index in [-0.39, 0.29) is 0 Å². The summed E-state index contributed by atoms with van der Waals surface area (Å²) >= 11 is 5.55. The van der Waals surface area contributed by atoms with Crippen molar-refractivity contribution in [3.05, 3.63) is 41.2 Å². The Morgan fingerprint density at radius 1 is 1.44 bits per heavy atom. The molecule has 1 heterocycles. The number of allylic oxidation sites excluding steroid dienone is 1. The van der Waals surface area contributed by atoms with Crippen LogP contribution in [0, 0.1) is 11.6 Å². The Bertz CT molecular complexity index is 560. The first-order valence-corrected chi connectivity index (χ1v) is 5.11. The van der Waals surface area contributed by atoms with Crippen LogP contribution in [0.2, 0.25) is 0 Å². The molecule has 0 aliphatic heterocycles. The number of nitrogens with zero attached hydrogens (tertiary/aromatic N) is 2. The van der Waals surface area contributed by atoms with Crippen molar-refractivity contribution in [1.82, 2.24) is 9.55 Å². The van der Waals surface area contributed by atoms with Crippen LogP contribution in [0.5, 0.6) is 0 Å². The normalized spacial score (nSPS) is 12.4. The molecule has 0 bridgehead atoms. The van der Waals surface area contributed by atoms with Gasteiger partial charge in [-0.2, -0.15) is 0 Å². The molecule has 1 aromatic carbocycles. The van der Waals surface area contributed by atoms with E-state index < -0.39 is 11.6 Å². The summed E-state index contributed by atoms with van der Waals surface area (Å²) < 4.78 is 27.7. The van der Waals surface area contributed by atoms with E-state index in [2.05, 4.69) is 4.98 Å². The van der Waals surface area contributed by atoms with Crippen LogP contribution in [0.15, 0.2) is 29.6 Å². The van der Waals surface area contributed by atoms with Gasteiger partial charge in [0.25, 0.3) is 0 Å². The highest BCUT2D eigenvalue weighted by atomic mass is 35.5. The molecular weight excluding hydrogens is 234 g/mol. The van der Waals surface area contributed by atoms with E-state index in [9.17, 15) is 8.78 Å². The predicted octanol–water partition coefficient (Wildman–Crippen LogP) is 3.46.